The van der Waals surface area contributed by atoms with Crippen LogP contribution in [0.5, 0.6) is 0 Å². The molecule has 1 rings (SSSR count). The van der Waals surface area contributed by atoms with Crippen molar-refractivity contribution in [2.24, 2.45) is 0 Å². The number of hydrogen-bond acceptors (Lipinski definition) is 2. The van der Waals surface area contributed by atoms with E-state index in [9.17, 15) is 0 Å². The van der Waals surface area contributed by atoms with E-state index in [-0.39, 0.29) is 0 Å². The largest absolute Gasteiger partial charge is 0.366 e. The number of thioether (sulfide) groups is 1. The fourth-order valence-corrected chi connectivity index (χ4v) is 1.81. The number of aryl methyl sites for hydroxylation is 1. The van der Waals surface area contributed by atoms with Crippen LogP contribution < -0.4 is 0 Å². The lowest BCUT2D eigenvalue weighted by Crippen LogP contribution is -2.22. The number of nitrogens with one attached hydrogen (secondary N) is 1. The third kappa shape index (κ3) is 3.42. The van der Waals surface area contributed by atoms with Crippen molar-refractivity contribution in [1.29, 1.82) is 5.41 Å². The molecule has 1 aromatic rings. The van der Waals surface area contributed by atoms with Crippen molar-refractivity contribution in [2.75, 3.05) is 19.8 Å². The maximum absolute atomic E-state index is 7.64. The number of benzene rings is 1. The van der Waals surface area contributed by atoms with Crippen LogP contribution in [0.3, 0.4) is 0 Å². The molecule has 14 heavy (non-hydrogen) atoms. The van der Waals surface area contributed by atoms with Crippen molar-refractivity contribution in [2.45, 2.75) is 11.8 Å². The second-order valence-corrected chi connectivity index (χ2v) is 4.49. The van der Waals surface area contributed by atoms with Crippen molar-refractivity contribution in [3.63, 3.8) is 0 Å². The molecule has 0 aliphatic rings. The smallest absolute Gasteiger partial charge is 0.106 e. The van der Waals surface area contributed by atoms with Gasteiger partial charge in [0.2, 0.25) is 0 Å². The van der Waals surface area contributed by atoms with Gasteiger partial charge in [0.1, 0.15) is 5.84 Å². The van der Waals surface area contributed by atoms with Gasteiger partial charge < -0.3 is 4.90 Å². The molecule has 0 unspecified atom stereocenters. The molecular weight excluding hydrogens is 192 g/mol. The molecule has 76 valence electrons. The van der Waals surface area contributed by atoms with Crippen LogP contribution in [0.25, 0.3) is 0 Å². The fraction of sp³-hybridized carbons (Fsp3) is 0.364. The van der Waals surface area contributed by atoms with E-state index in [0.29, 0.717) is 5.84 Å². The summed E-state index contributed by atoms with van der Waals surface area (Å²) in [4.78, 5) is 3.06. The Balaban J connectivity index is 2.46. The van der Waals surface area contributed by atoms with E-state index < -0.39 is 0 Å². The van der Waals surface area contributed by atoms with E-state index in [4.69, 9.17) is 5.41 Å². The van der Waals surface area contributed by atoms with Gasteiger partial charge in [0.15, 0.2) is 0 Å². The summed E-state index contributed by atoms with van der Waals surface area (Å²) in [6, 6.07) is 8.40. The van der Waals surface area contributed by atoms with Crippen LogP contribution in [0, 0.1) is 12.3 Å². The molecule has 0 aliphatic carbocycles. The number of rotatable bonds is 3. The van der Waals surface area contributed by atoms with Crippen LogP contribution in [0.15, 0.2) is 29.2 Å². The first-order chi connectivity index (χ1) is 6.59. The van der Waals surface area contributed by atoms with Crippen LogP contribution in [0.4, 0.5) is 0 Å². The van der Waals surface area contributed by atoms with E-state index in [1.54, 1.807) is 11.8 Å². The van der Waals surface area contributed by atoms with E-state index >= 15 is 0 Å². The third-order valence-electron chi connectivity index (χ3n) is 1.94. The summed E-state index contributed by atoms with van der Waals surface area (Å²) in [7, 11) is 3.80. The second kappa shape index (κ2) is 5.05. The minimum absolute atomic E-state index is 0.649. The summed E-state index contributed by atoms with van der Waals surface area (Å²) in [6.45, 7) is 2.08. The number of nitrogens with zero attached hydrogens (tertiary/aromatic N) is 1. The van der Waals surface area contributed by atoms with Gasteiger partial charge in [-0.3, -0.25) is 5.41 Å². The van der Waals surface area contributed by atoms with Crippen LogP contribution in [0.2, 0.25) is 0 Å². The predicted molar refractivity (Wildman–Crippen MR) is 63.3 cm³/mol. The highest BCUT2D eigenvalue weighted by molar-refractivity contribution is 8.00. The number of amidine groups is 1. The van der Waals surface area contributed by atoms with Gasteiger partial charge in [-0.1, -0.05) is 17.7 Å². The molecular formula is C11H16N2S. The molecule has 0 bridgehead atoms. The van der Waals surface area contributed by atoms with Crippen molar-refractivity contribution in [1.82, 2.24) is 4.90 Å². The monoisotopic (exact) mass is 208 g/mol. The normalized spacial score (nSPS) is 9.93. The lowest BCUT2D eigenvalue weighted by molar-refractivity contribution is 0.615. The lowest BCUT2D eigenvalue weighted by atomic mass is 10.2. The first-order valence-electron chi connectivity index (χ1n) is 4.54. The van der Waals surface area contributed by atoms with Gasteiger partial charge in [0.25, 0.3) is 0 Å². The van der Waals surface area contributed by atoms with Crippen LogP contribution in [-0.2, 0) is 0 Å². The van der Waals surface area contributed by atoms with Gasteiger partial charge >= 0.3 is 0 Å². The van der Waals surface area contributed by atoms with Gasteiger partial charge in [-0.15, -0.1) is 11.8 Å². The van der Waals surface area contributed by atoms with Gasteiger partial charge in [-0.25, -0.2) is 0 Å². The average molecular weight is 208 g/mol. The van der Waals surface area contributed by atoms with Gasteiger partial charge in [-0.2, -0.15) is 0 Å². The molecule has 0 radical (unpaired) electrons. The zero-order valence-corrected chi connectivity index (χ0v) is 9.69. The van der Waals surface area contributed by atoms with Crippen molar-refractivity contribution < 1.29 is 0 Å². The molecule has 0 aliphatic heterocycles. The molecule has 1 aromatic carbocycles. The highest BCUT2D eigenvalue weighted by Gasteiger charge is 2.00. The van der Waals surface area contributed by atoms with Crippen LogP contribution in [0.1, 0.15) is 5.56 Å². The molecule has 1 N–H and O–H groups in total. The maximum Gasteiger partial charge on any atom is 0.106 e. The Labute approximate surface area is 89.8 Å². The molecule has 3 heteroatoms. The molecule has 2 nitrogen and oxygen atoms in total. The fourth-order valence-electron chi connectivity index (χ4n) is 0.915. The summed E-state index contributed by atoms with van der Waals surface area (Å²) < 4.78 is 0. The summed E-state index contributed by atoms with van der Waals surface area (Å²) in [5.74, 6) is 1.38. The molecule has 0 aromatic heterocycles. The Bertz CT molecular complexity index is 304. The molecule has 0 amide bonds. The van der Waals surface area contributed by atoms with Gasteiger partial charge in [0.05, 0.1) is 5.75 Å². The highest BCUT2D eigenvalue weighted by Crippen LogP contribution is 2.18. The molecule has 0 saturated heterocycles. The molecule has 0 fully saturated rings. The van der Waals surface area contributed by atoms with Gasteiger partial charge in [0, 0.05) is 19.0 Å². The first kappa shape index (κ1) is 11.1. The van der Waals surface area contributed by atoms with E-state index in [2.05, 4.69) is 31.2 Å². The highest BCUT2D eigenvalue weighted by atomic mass is 32.2. The minimum Gasteiger partial charge on any atom is -0.366 e. The standard InChI is InChI=1S/C11H16N2S/c1-9-4-6-10(7-5-9)14-8-11(12)13(2)3/h4-7,12H,8H2,1-3H3. The number of hydrogen-bond donors (Lipinski definition) is 1. The zero-order valence-electron chi connectivity index (χ0n) is 8.87. The molecule has 0 saturated carbocycles. The topological polar surface area (TPSA) is 27.1 Å². The van der Waals surface area contributed by atoms with Crippen molar-refractivity contribution in [3.05, 3.63) is 29.8 Å². The first-order valence-corrected chi connectivity index (χ1v) is 5.52. The summed E-state index contributed by atoms with van der Waals surface area (Å²) >= 11 is 1.70. The zero-order chi connectivity index (χ0) is 10.6. The van der Waals surface area contributed by atoms with E-state index in [0.717, 1.165) is 5.75 Å². The maximum atomic E-state index is 7.64. The van der Waals surface area contributed by atoms with Crippen molar-refractivity contribution >= 4 is 17.6 Å². The van der Waals surface area contributed by atoms with Crippen LogP contribution in [-0.4, -0.2) is 30.6 Å². The Morgan fingerprint density at radius 3 is 2.36 bits per heavy atom. The Morgan fingerprint density at radius 1 is 1.29 bits per heavy atom. The third-order valence-corrected chi connectivity index (χ3v) is 2.96. The Kier molecular flexibility index (Phi) is 4.01. The quantitative estimate of drug-likeness (QED) is 0.469. The van der Waals surface area contributed by atoms with E-state index in [1.165, 1.54) is 10.5 Å². The average Bonchev–Trinajstić information content (AvgIpc) is 2.16. The molecule has 0 atom stereocenters. The molecule has 0 heterocycles. The summed E-state index contributed by atoms with van der Waals surface area (Å²) in [5.41, 5.74) is 1.28. The SMILES string of the molecule is Cc1ccc(SCC(=N)N(C)C)cc1. The summed E-state index contributed by atoms with van der Waals surface area (Å²) in [6.07, 6.45) is 0. The lowest BCUT2D eigenvalue weighted by Gasteiger charge is -2.12. The Morgan fingerprint density at radius 2 is 1.86 bits per heavy atom. The van der Waals surface area contributed by atoms with E-state index in [1.807, 2.05) is 19.0 Å². The molecule has 0 spiro atoms. The van der Waals surface area contributed by atoms with Crippen LogP contribution >= 0.6 is 11.8 Å². The minimum atomic E-state index is 0.649. The summed E-state index contributed by atoms with van der Waals surface area (Å²) in [5, 5.41) is 7.64. The van der Waals surface area contributed by atoms with Gasteiger partial charge in [-0.05, 0) is 19.1 Å². The Hall–Kier alpha value is -0.960. The predicted octanol–water partition coefficient (Wildman–Crippen LogP) is 2.63. The second-order valence-electron chi connectivity index (χ2n) is 3.44. The van der Waals surface area contributed by atoms with Crippen molar-refractivity contribution in [3.8, 4) is 0 Å².